The zero-order chi connectivity index (χ0) is 19.2. The Labute approximate surface area is 157 Å². The Balaban J connectivity index is 1.57. The number of methoxy groups -OCH3 is 3. The van der Waals surface area contributed by atoms with Crippen molar-refractivity contribution in [3.05, 3.63) is 53.1 Å². The summed E-state index contributed by atoms with van der Waals surface area (Å²) in [6, 6.07) is 11.2. The van der Waals surface area contributed by atoms with Crippen LogP contribution in [0.5, 0.6) is 17.2 Å². The molecule has 0 saturated heterocycles. The molecule has 7 nitrogen and oxygen atoms in total. The van der Waals surface area contributed by atoms with Gasteiger partial charge in [-0.25, -0.2) is 4.79 Å². The van der Waals surface area contributed by atoms with E-state index in [1.165, 1.54) is 26.9 Å². The molecule has 1 aliphatic rings. The van der Waals surface area contributed by atoms with Gasteiger partial charge in [-0.1, -0.05) is 24.3 Å². The molecule has 0 atom stereocenters. The van der Waals surface area contributed by atoms with Gasteiger partial charge in [-0.2, -0.15) is 0 Å². The smallest absolute Gasteiger partial charge is 0.338 e. The van der Waals surface area contributed by atoms with E-state index in [9.17, 15) is 4.79 Å². The lowest BCUT2D eigenvalue weighted by molar-refractivity contribution is 0.0512. The normalized spacial score (nSPS) is 12.0. The summed E-state index contributed by atoms with van der Waals surface area (Å²) >= 11 is 0. The lowest BCUT2D eigenvalue weighted by Crippen LogP contribution is -2.28. The highest BCUT2D eigenvalue weighted by Crippen LogP contribution is 2.38. The first-order valence-corrected chi connectivity index (χ1v) is 8.51. The average molecular weight is 370 g/mol. The number of amidine groups is 1. The maximum absolute atomic E-state index is 12.3. The van der Waals surface area contributed by atoms with Crippen molar-refractivity contribution in [2.24, 2.45) is 4.99 Å². The minimum Gasteiger partial charge on any atom is -0.493 e. The van der Waals surface area contributed by atoms with Crippen LogP contribution in [0.25, 0.3) is 0 Å². The predicted octanol–water partition coefficient (Wildman–Crippen LogP) is 2.42. The zero-order valence-electron chi connectivity index (χ0n) is 15.6. The van der Waals surface area contributed by atoms with Crippen LogP contribution in [0.4, 0.5) is 0 Å². The van der Waals surface area contributed by atoms with Gasteiger partial charge in [0.05, 0.1) is 40.0 Å². The monoisotopic (exact) mass is 370 g/mol. The fourth-order valence-corrected chi connectivity index (χ4v) is 2.89. The summed E-state index contributed by atoms with van der Waals surface area (Å²) in [4.78, 5) is 16.8. The van der Waals surface area contributed by atoms with Gasteiger partial charge in [-0.15, -0.1) is 0 Å². The highest BCUT2D eigenvalue weighted by molar-refractivity contribution is 6.02. The number of benzene rings is 2. The van der Waals surface area contributed by atoms with Crippen LogP contribution in [-0.4, -0.2) is 46.3 Å². The molecule has 1 heterocycles. The third-order valence-corrected chi connectivity index (χ3v) is 4.21. The number of ether oxygens (including phenoxy) is 4. The molecule has 0 fully saturated rings. The standard InChI is InChI=1S/C20H22N2O5/c1-24-16-10-14(11-17(25-2)18(16)26-3)20(23)27-9-8-21-19-15-7-5-4-6-13(15)12-22-19/h4-7,10-11H,8-9,12H2,1-3H3,(H,21,22). The minimum atomic E-state index is -0.468. The number of carbonyl (C=O) groups is 1. The number of nitrogens with one attached hydrogen (secondary N) is 1. The maximum atomic E-state index is 12.3. The van der Waals surface area contributed by atoms with Gasteiger partial charge in [0.1, 0.15) is 12.4 Å². The highest BCUT2D eigenvalue weighted by atomic mass is 16.5. The fraction of sp³-hybridized carbons (Fsp3) is 0.300. The number of hydrogen-bond acceptors (Lipinski definition) is 7. The molecule has 3 rings (SSSR count). The molecule has 1 N–H and O–H groups in total. The van der Waals surface area contributed by atoms with E-state index in [4.69, 9.17) is 18.9 Å². The summed E-state index contributed by atoms with van der Waals surface area (Å²) in [5.41, 5.74) is 2.61. The van der Waals surface area contributed by atoms with Crippen molar-refractivity contribution < 1.29 is 23.7 Å². The number of carbonyl (C=O) groups excluding carboxylic acids is 1. The molecule has 2 aromatic carbocycles. The van der Waals surface area contributed by atoms with Crippen LogP contribution in [-0.2, 0) is 11.3 Å². The minimum absolute atomic E-state index is 0.205. The first kappa shape index (κ1) is 18.6. The van der Waals surface area contributed by atoms with Crippen molar-refractivity contribution in [1.29, 1.82) is 0 Å². The second-order valence-corrected chi connectivity index (χ2v) is 5.80. The van der Waals surface area contributed by atoms with E-state index < -0.39 is 5.97 Å². The van der Waals surface area contributed by atoms with Gasteiger partial charge in [-0.3, -0.25) is 4.99 Å². The van der Waals surface area contributed by atoms with Crippen LogP contribution >= 0.6 is 0 Å². The van der Waals surface area contributed by atoms with Crippen LogP contribution in [0.3, 0.4) is 0 Å². The molecule has 0 aliphatic carbocycles. The number of nitrogens with zero attached hydrogens (tertiary/aromatic N) is 1. The molecule has 0 amide bonds. The molecule has 0 radical (unpaired) electrons. The Bertz CT molecular complexity index is 838. The third-order valence-electron chi connectivity index (χ3n) is 4.21. The number of rotatable bonds is 7. The average Bonchev–Trinajstić information content (AvgIpc) is 3.12. The summed E-state index contributed by atoms with van der Waals surface area (Å²) in [6.07, 6.45) is 0. The van der Waals surface area contributed by atoms with Gasteiger partial charge < -0.3 is 24.3 Å². The molecule has 0 aromatic heterocycles. The van der Waals surface area contributed by atoms with E-state index in [1.54, 1.807) is 12.1 Å². The summed E-state index contributed by atoms with van der Waals surface area (Å²) in [5, 5.41) is 3.21. The van der Waals surface area contributed by atoms with Crippen LogP contribution in [0.15, 0.2) is 41.4 Å². The van der Waals surface area contributed by atoms with Gasteiger partial charge in [0, 0.05) is 5.56 Å². The molecule has 0 bridgehead atoms. The zero-order valence-corrected chi connectivity index (χ0v) is 15.6. The third kappa shape index (κ3) is 3.97. The fourth-order valence-electron chi connectivity index (χ4n) is 2.89. The topological polar surface area (TPSA) is 78.4 Å². The maximum Gasteiger partial charge on any atom is 0.338 e. The van der Waals surface area contributed by atoms with Crippen molar-refractivity contribution >= 4 is 11.8 Å². The first-order chi connectivity index (χ1) is 13.2. The van der Waals surface area contributed by atoms with Gasteiger partial charge in [0.15, 0.2) is 11.5 Å². The number of hydrogen-bond donors (Lipinski definition) is 1. The second kappa shape index (κ2) is 8.44. The van der Waals surface area contributed by atoms with E-state index in [1.807, 2.05) is 18.2 Å². The number of esters is 1. The summed E-state index contributed by atoms with van der Waals surface area (Å²) in [7, 11) is 4.50. The van der Waals surface area contributed by atoms with E-state index in [-0.39, 0.29) is 6.61 Å². The quantitative estimate of drug-likeness (QED) is 0.596. The Morgan fingerprint density at radius 2 is 1.78 bits per heavy atom. The molecule has 27 heavy (non-hydrogen) atoms. The van der Waals surface area contributed by atoms with E-state index in [2.05, 4.69) is 16.4 Å². The molecular formula is C20H22N2O5. The second-order valence-electron chi connectivity index (χ2n) is 5.80. The number of fused-ring (bicyclic) bond motifs is 1. The van der Waals surface area contributed by atoms with Crippen molar-refractivity contribution in [3.8, 4) is 17.2 Å². The van der Waals surface area contributed by atoms with Crippen LogP contribution in [0.1, 0.15) is 21.5 Å². The van der Waals surface area contributed by atoms with E-state index in [0.29, 0.717) is 35.9 Å². The summed E-state index contributed by atoms with van der Waals surface area (Å²) in [6.45, 7) is 1.34. The lowest BCUT2D eigenvalue weighted by atomic mass is 10.1. The molecule has 2 aromatic rings. The molecule has 0 unspecified atom stereocenters. The van der Waals surface area contributed by atoms with Crippen molar-refractivity contribution in [1.82, 2.24) is 5.32 Å². The SMILES string of the molecule is COc1cc(C(=O)OCCNC2=NCc3ccccc32)cc(OC)c1OC. The highest BCUT2D eigenvalue weighted by Gasteiger charge is 2.18. The Hall–Kier alpha value is -3.22. The molecule has 0 spiro atoms. The Morgan fingerprint density at radius 3 is 2.44 bits per heavy atom. The first-order valence-electron chi connectivity index (χ1n) is 8.51. The van der Waals surface area contributed by atoms with Crippen LogP contribution < -0.4 is 19.5 Å². The van der Waals surface area contributed by atoms with Gasteiger partial charge in [0.25, 0.3) is 0 Å². The van der Waals surface area contributed by atoms with Crippen molar-refractivity contribution in [3.63, 3.8) is 0 Å². The molecular weight excluding hydrogens is 348 g/mol. The van der Waals surface area contributed by atoms with Crippen molar-refractivity contribution in [2.75, 3.05) is 34.5 Å². The van der Waals surface area contributed by atoms with E-state index >= 15 is 0 Å². The Kier molecular flexibility index (Phi) is 5.80. The summed E-state index contributed by atoms with van der Waals surface area (Å²) in [5.74, 6) is 1.59. The lowest BCUT2D eigenvalue weighted by Gasteiger charge is -2.14. The molecule has 1 aliphatic heterocycles. The van der Waals surface area contributed by atoms with Gasteiger partial charge >= 0.3 is 5.97 Å². The van der Waals surface area contributed by atoms with E-state index in [0.717, 1.165) is 11.4 Å². The Morgan fingerprint density at radius 1 is 1.07 bits per heavy atom. The number of aliphatic imine (C=N–C) groups is 1. The summed E-state index contributed by atoms with van der Waals surface area (Å²) < 4.78 is 21.1. The molecule has 142 valence electrons. The van der Waals surface area contributed by atoms with Gasteiger partial charge in [0.2, 0.25) is 5.75 Å². The largest absolute Gasteiger partial charge is 0.493 e. The molecule has 0 saturated carbocycles. The van der Waals surface area contributed by atoms with Crippen LogP contribution in [0, 0.1) is 0 Å². The van der Waals surface area contributed by atoms with Crippen LogP contribution in [0.2, 0.25) is 0 Å². The predicted molar refractivity (Wildman–Crippen MR) is 101 cm³/mol. The van der Waals surface area contributed by atoms with Crippen molar-refractivity contribution in [2.45, 2.75) is 6.54 Å². The van der Waals surface area contributed by atoms with Gasteiger partial charge in [-0.05, 0) is 17.7 Å². The molecule has 7 heteroatoms.